The third kappa shape index (κ3) is 2.03. The molecule has 1 unspecified atom stereocenters. The standard InChI is InChI=1S/C10H20O3/c1-5(2)9-7(11)8(12)10(13-9)6(3)4/h5-12H,1-4H3/t7-,8?,9-,10+/m0/s1. The molecule has 3 heteroatoms. The Morgan fingerprint density at radius 1 is 0.846 bits per heavy atom. The molecule has 0 spiro atoms. The van der Waals surface area contributed by atoms with Crippen molar-refractivity contribution in [2.45, 2.75) is 52.1 Å². The van der Waals surface area contributed by atoms with E-state index in [-0.39, 0.29) is 24.0 Å². The molecule has 0 amide bonds. The minimum Gasteiger partial charge on any atom is -0.388 e. The van der Waals surface area contributed by atoms with Crippen molar-refractivity contribution in [3.05, 3.63) is 0 Å². The summed E-state index contributed by atoms with van der Waals surface area (Å²) in [5.41, 5.74) is 0. The lowest BCUT2D eigenvalue weighted by Crippen LogP contribution is -2.35. The summed E-state index contributed by atoms with van der Waals surface area (Å²) in [5.74, 6) is 0.488. The van der Waals surface area contributed by atoms with E-state index < -0.39 is 12.2 Å². The molecular weight excluding hydrogens is 168 g/mol. The molecule has 2 N–H and O–H groups in total. The second kappa shape index (κ2) is 3.95. The van der Waals surface area contributed by atoms with E-state index >= 15 is 0 Å². The Kier molecular flexibility index (Phi) is 3.33. The van der Waals surface area contributed by atoms with Crippen LogP contribution < -0.4 is 0 Å². The second-order valence-corrected chi connectivity index (χ2v) is 4.53. The fourth-order valence-corrected chi connectivity index (χ4v) is 1.83. The molecule has 13 heavy (non-hydrogen) atoms. The fourth-order valence-electron chi connectivity index (χ4n) is 1.83. The van der Waals surface area contributed by atoms with Gasteiger partial charge in [0.1, 0.15) is 12.2 Å². The lowest BCUT2D eigenvalue weighted by atomic mass is 9.96. The highest BCUT2D eigenvalue weighted by Gasteiger charge is 2.44. The van der Waals surface area contributed by atoms with Gasteiger partial charge >= 0.3 is 0 Å². The first-order valence-electron chi connectivity index (χ1n) is 4.96. The molecule has 0 saturated carbocycles. The van der Waals surface area contributed by atoms with Gasteiger partial charge in [-0.2, -0.15) is 0 Å². The first-order valence-corrected chi connectivity index (χ1v) is 4.96. The molecule has 0 aromatic rings. The molecular formula is C10H20O3. The summed E-state index contributed by atoms with van der Waals surface area (Å²) in [5, 5.41) is 19.3. The Morgan fingerprint density at radius 3 is 1.31 bits per heavy atom. The molecule has 1 aliphatic heterocycles. The third-order valence-electron chi connectivity index (χ3n) is 2.65. The van der Waals surface area contributed by atoms with E-state index in [1.807, 2.05) is 27.7 Å². The van der Waals surface area contributed by atoms with Crippen molar-refractivity contribution in [1.29, 1.82) is 0 Å². The molecule has 1 fully saturated rings. The number of rotatable bonds is 2. The highest BCUT2D eigenvalue weighted by Crippen LogP contribution is 2.30. The first kappa shape index (κ1) is 11.0. The summed E-state index contributed by atoms with van der Waals surface area (Å²) < 4.78 is 5.61. The molecule has 0 radical (unpaired) electrons. The van der Waals surface area contributed by atoms with Gasteiger partial charge in [0.15, 0.2) is 0 Å². The number of hydrogen-bond donors (Lipinski definition) is 2. The maximum absolute atomic E-state index is 9.67. The van der Waals surface area contributed by atoms with Crippen LogP contribution in [0.15, 0.2) is 0 Å². The number of aliphatic hydroxyl groups is 2. The van der Waals surface area contributed by atoms with E-state index in [0.717, 1.165) is 0 Å². The maximum atomic E-state index is 9.67. The Balaban J connectivity index is 2.66. The normalized spacial score (nSPS) is 40.6. The van der Waals surface area contributed by atoms with E-state index in [0.29, 0.717) is 0 Å². The van der Waals surface area contributed by atoms with Gasteiger partial charge < -0.3 is 14.9 Å². The SMILES string of the molecule is CC(C)[C@H]1O[C@@H](C(C)C)[C@@H](O)C1O. The zero-order valence-corrected chi connectivity index (χ0v) is 8.77. The lowest BCUT2D eigenvalue weighted by Gasteiger charge is -2.19. The van der Waals surface area contributed by atoms with Crippen LogP contribution in [-0.2, 0) is 4.74 Å². The highest BCUT2D eigenvalue weighted by molar-refractivity contribution is 4.92. The number of ether oxygens (including phenoxy) is 1. The Morgan fingerprint density at radius 2 is 1.15 bits per heavy atom. The molecule has 1 heterocycles. The Hall–Kier alpha value is -0.120. The highest BCUT2D eigenvalue weighted by atomic mass is 16.5. The summed E-state index contributed by atoms with van der Waals surface area (Å²) in [6.45, 7) is 7.96. The van der Waals surface area contributed by atoms with E-state index in [9.17, 15) is 10.2 Å². The van der Waals surface area contributed by atoms with Gasteiger partial charge in [0.25, 0.3) is 0 Å². The van der Waals surface area contributed by atoms with Crippen LogP contribution in [0, 0.1) is 11.8 Å². The van der Waals surface area contributed by atoms with Crippen LogP contribution in [0.1, 0.15) is 27.7 Å². The van der Waals surface area contributed by atoms with Crippen LogP contribution >= 0.6 is 0 Å². The molecule has 0 aromatic heterocycles. The average molecular weight is 188 g/mol. The van der Waals surface area contributed by atoms with Crippen molar-refractivity contribution in [3.8, 4) is 0 Å². The van der Waals surface area contributed by atoms with Crippen LogP contribution in [0.4, 0.5) is 0 Å². The van der Waals surface area contributed by atoms with Crippen molar-refractivity contribution in [3.63, 3.8) is 0 Å². The first-order chi connectivity index (χ1) is 5.95. The maximum Gasteiger partial charge on any atom is 0.109 e. The molecule has 78 valence electrons. The van der Waals surface area contributed by atoms with Crippen molar-refractivity contribution in [1.82, 2.24) is 0 Å². The molecule has 0 aliphatic carbocycles. The van der Waals surface area contributed by atoms with Crippen LogP contribution in [-0.4, -0.2) is 34.6 Å². The van der Waals surface area contributed by atoms with Gasteiger partial charge in [-0.3, -0.25) is 0 Å². The molecule has 1 saturated heterocycles. The minimum absolute atomic E-state index is 0.220. The summed E-state index contributed by atoms with van der Waals surface area (Å²) in [4.78, 5) is 0. The zero-order chi connectivity index (χ0) is 10.2. The van der Waals surface area contributed by atoms with Crippen molar-refractivity contribution >= 4 is 0 Å². The molecule has 4 atom stereocenters. The zero-order valence-electron chi connectivity index (χ0n) is 8.77. The molecule has 0 aromatic carbocycles. The Labute approximate surface area is 79.7 Å². The monoisotopic (exact) mass is 188 g/mol. The third-order valence-corrected chi connectivity index (χ3v) is 2.65. The fraction of sp³-hybridized carbons (Fsp3) is 1.00. The molecule has 1 aliphatic rings. The van der Waals surface area contributed by atoms with Crippen molar-refractivity contribution in [2.24, 2.45) is 11.8 Å². The smallest absolute Gasteiger partial charge is 0.109 e. The number of hydrogen-bond acceptors (Lipinski definition) is 3. The van der Waals surface area contributed by atoms with E-state index in [2.05, 4.69) is 0 Å². The number of aliphatic hydroxyl groups excluding tert-OH is 2. The van der Waals surface area contributed by atoms with Gasteiger partial charge in [-0.15, -0.1) is 0 Å². The molecule has 3 nitrogen and oxygen atoms in total. The van der Waals surface area contributed by atoms with Gasteiger partial charge in [-0.25, -0.2) is 0 Å². The van der Waals surface area contributed by atoms with Crippen LogP contribution in [0.3, 0.4) is 0 Å². The predicted molar refractivity (Wildman–Crippen MR) is 50.4 cm³/mol. The van der Waals surface area contributed by atoms with E-state index in [4.69, 9.17) is 4.74 Å². The lowest BCUT2D eigenvalue weighted by molar-refractivity contribution is -0.0340. The second-order valence-electron chi connectivity index (χ2n) is 4.53. The minimum atomic E-state index is -0.729. The van der Waals surface area contributed by atoms with Crippen molar-refractivity contribution < 1.29 is 14.9 Å². The van der Waals surface area contributed by atoms with Crippen LogP contribution in [0.25, 0.3) is 0 Å². The van der Waals surface area contributed by atoms with E-state index in [1.165, 1.54) is 0 Å². The van der Waals surface area contributed by atoms with Crippen molar-refractivity contribution in [2.75, 3.05) is 0 Å². The Bertz CT molecular complexity index is 150. The molecule has 0 bridgehead atoms. The van der Waals surface area contributed by atoms with Crippen LogP contribution in [0.2, 0.25) is 0 Å². The van der Waals surface area contributed by atoms with E-state index in [1.54, 1.807) is 0 Å². The summed E-state index contributed by atoms with van der Waals surface area (Å²) in [6.07, 6.45) is -1.90. The average Bonchev–Trinajstić information content (AvgIpc) is 2.29. The van der Waals surface area contributed by atoms with Crippen LogP contribution in [0.5, 0.6) is 0 Å². The largest absolute Gasteiger partial charge is 0.388 e. The van der Waals surface area contributed by atoms with Gasteiger partial charge in [-0.1, -0.05) is 27.7 Å². The van der Waals surface area contributed by atoms with Gasteiger partial charge in [0, 0.05) is 0 Å². The van der Waals surface area contributed by atoms with Gasteiger partial charge in [-0.05, 0) is 11.8 Å². The topological polar surface area (TPSA) is 49.7 Å². The quantitative estimate of drug-likeness (QED) is 0.673. The summed E-state index contributed by atoms with van der Waals surface area (Å²) >= 11 is 0. The summed E-state index contributed by atoms with van der Waals surface area (Å²) in [6, 6.07) is 0. The molecule has 1 rings (SSSR count). The van der Waals surface area contributed by atoms with Gasteiger partial charge in [0.2, 0.25) is 0 Å². The summed E-state index contributed by atoms with van der Waals surface area (Å²) in [7, 11) is 0. The predicted octanol–water partition coefficient (Wildman–Crippen LogP) is 0.788. The van der Waals surface area contributed by atoms with Gasteiger partial charge in [0.05, 0.1) is 12.2 Å².